The molecule has 0 aliphatic carbocycles. The summed E-state index contributed by atoms with van der Waals surface area (Å²) in [5.74, 6) is -0.0975. The number of carbonyl (C=O) groups is 2. The fourth-order valence-electron chi connectivity index (χ4n) is 1.16. The Morgan fingerprint density at radius 2 is 2.17 bits per heavy atom. The predicted octanol–water partition coefficient (Wildman–Crippen LogP) is 1.40. The van der Waals surface area contributed by atoms with E-state index in [0.29, 0.717) is 11.6 Å². The quantitative estimate of drug-likeness (QED) is 0.494. The fourth-order valence-corrected chi connectivity index (χ4v) is 1.92. The van der Waals surface area contributed by atoms with Gasteiger partial charge in [-0.1, -0.05) is 11.8 Å². The van der Waals surface area contributed by atoms with Crippen LogP contribution in [0.5, 0.6) is 0 Å². The number of nitrogens with one attached hydrogen (secondary N) is 1. The van der Waals surface area contributed by atoms with Gasteiger partial charge in [0, 0.05) is 12.6 Å². The second kappa shape index (κ2) is 6.95. The van der Waals surface area contributed by atoms with Crippen molar-refractivity contribution in [2.75, 3.05) is 17.7 Å². The molecule has 1 N–H and O–H groups in total. The van der Waals surface area contributed by atoms with Crippen LogP contribution in [0.2, 0.25) is 0 Å². The Morgan fingerprint density at radius 1 is 1.44 bits per heavy atom. The molecule has 0 atom stereocenters. The molecule has 0 radical (unpaired) electrons. The van der Waals surface area contributed by atoms with Crippen LogP contribution in [-0.4, -0.2) is 34.2 Å². The van der Waals surface area contributed by atoms with Gasteiger partial charge >= 0.3 is 5.97 Å². The van der Waals surface area contributed by atoms with Crippen LogP contribution in [0.3, 0.4) is 0 Å². The number of hydrogen-bond donors (Lipinski definition) is 1. The minimum Gasteiger partial charge on any atom is -0.465 e. The van der Waals surface area contributed by atoms with E-state index >= 15 is 0 Å². The number of thioether (sulfide) groups is 1. The average molecular weight is 269 g/mol. The van der Waals surface area contributed by atoms with Crippen molar-refractivity contribution in [2.45, 2.75) is 25.8 Å². The van der Waals surface area contributed by atoms with Crippen molar-refractivity contribution < 1.29 is 14.3 Å². The number of aromatic nitrogens is 2. The third-order valence-electron chi connectivity index (χ3n) is 1.76. The van der Waals surface area contributed by atoms with E-state index in [1.807, 2.05) is 0 Å². The highest BCUT2D eigenvalue weighted by Gasteiger charge is 2.07. The molecule has 0 aliphatic rings. The van der Waals surface area contributed by atoms with E-state index in [9.17, 15) is 9.59 Å². The van der Waals surface area contributed by atoms with Crippen LogP contribution in [-0.2, 0) is 14.3 Å². The third kappa shape index (κ3) is 5.13. The molecule has 6 nitrogen and oxygen atoms in total. The maximum absolute atomic E-state index is 11.2. The number of esters is 1. The highest BCUT2D eigenvalue weighted by atomic mass is 32.2. The van der Waals surface area contributed by atoms with Crippen LogP contribution in [0.25, 0.3) is 0 Å². The molecular weight excluding hydrogens is 254 g/mol. The first-order valence-electron chi connectivity index (χ1n) is 5.43. The van der Waals surface area contributed by atoms with E-state index in [1.54, 1.807) is 19.9 Å². The maximum atomic E-state index is 11.2. The molecule has 1 heterocycles. The van der Waals surface area contributed by atoms with Crippen LogP contribution in [0, 0.1) is 6.92 Å². The van der Waals surface area contributed by atoms with Crippen molar-refractivity contribution in [1.82, 2.24) is 9.97 Å². The van der Waals surface area contributed by atoms with Crippen LogP contribution in [0.4, 0.5) is 5.95 Å². The molecule has 7 heteroatoms. The molecule has 1 aromatic heterocycles. The Labute approximate surface area is 110 Å². The number of amides is 1. The molecule has 0 aliphatic heterocycles. The number of aryl methyl sites for hydroxylation is 1. The Hall–Kier alpha value is -1.63. The molecule has 1 amide bonds. The summed E-state index contributed by atoms with van der Waals surface area (Å²) in [5, 5.41) is 3.13. The van der Waals surface area contributed by atoms with Crippen LogP contribution in [0.1, 0.15) is 19.5 Å². The van der Waals surface area contributed by atoms with E-state index in [4.69, 9.17) is 4.74 Å². The zero-order chi connectivity index (χ0) is 13.5. The summed E-state index contributed by atoms with van der Waals surface area (Å²) in [7, 11) is 0. The Balaban J connectivity index is 2.68. The Morgan fingerprint density at radius 3 is 2.78 bits per heavy atom. The monoisotopic (exact) mass is 269 g/mol. The molecule has 0 bridgehead atoms. The Bertz CT molecular complexity index is 451. The molecule has 18 heavy (non-hydrogen) atoms. The number of anilines is 1. The van der Waals surface area contributed by atoms with Gasteiger partial charge in [-0.15, -0.1) is 0 Å². The lowest BCUT2D eigenvalue weighted by atomic mass is 10.4. The van der Waals surface area contributed by atoms with Gasteiger partial charge in [0.1, 0.15) is 5.03 Å². The zero-order valence-corrected chi connectivity index (χ0v) is 11.3. The maximum Gasteiger partial charge on any atom is 0.316 e. The molecule has 98 valence electrons. The average Bonchev–Trinajstić information content (AvgIpc) is 2.25. The zero-order valence-electron chi connectivity index (χ0n) is 10.5. The van der Waals surface area contributed by atoms with Crippen molar-refractivity contribution in [3.05, 3.63) is 11.8 Å². The molecule has 0 saturated carbocycles. The fraction of sp³-hybridized carbons (Fsp3) is 0.455. The van der Waals surface area contributed by atoms with Crippen molar-refractivity contribution in [2.24, 2.45) is 0 Å². The highest BCUT2D eigenvalue weighted by Crippen LogP contribution is 2.18. The van der Waals surface area contributed by atoms with Crippen LogP contribution in [0.15, 0.2) is 11.1 Å². The number of rotatable bonds is 5. The van der Waals surface area contributed by atoms with Gasteiger partial charge in [0.25, 0.3) is 0 Å². The standard InChI is InChI=1S/C11H15N3O3S/c1-4-17-10(16)6-18-9-5-7(2)12-11(14-9)13-8(3)15/h5H,4,6H2,1-3H3,(H,12,13,14,15). The van der Waals surface area contributed by atoms with E-state index in [0.717, 1.165) is 5.69 Å². The molecule has 1 aromatic rings. The van der Waals surface area contributed by atoms with Gasteiger partial charge in [0.05, 0.1) is 12.4 Å². The minimum atomic E-state index is -0.292. The molecular formula is C11H15N3O3S. The van der Waals surface area contributed by atoms with Crippen LogP contribution >= 0.6 is 11.8 Å². The SMILES string of the molecule is CCOC(=O)CSc1cc(C)nc(NC(C)=O)n1. The van der Waals surface area contributed by atoms with Gasteiger partial charge in [-0.05, 0) is 19.9 Å². The van der Waals surface area contributed by atoms with E-state index < -0.39 is 0 Å². The highest BCUT2D eigenvalue weighted by molar-refractivity contribution is 7.99. The van der Waals surface area contributed by atoms with Gasteiger partial charge in [-0.3, -0.25) is 14.9 Å². The van der Waals surface area contributed by atoms with E-state index in [-0.39, 0.29) is 23.6 Å². The van der Waals surface area contributed by atoms with Gasteiger partial charge < -0.3 is 4.74 Å². The van der Waals surface area contributed by atoms with Gasteiger partial charge in [0.2, 0.25) is 11.9 Å². The lowest BCUT2D eigenvalue weighted by Crippen LogP contribution is -2.11. The topological polar surface area (TPSA) is 81.2 Å². The Kier molecular flexibility index (Phi) is 5.57. The summed E-state index contributed by atoms with van der Waals surface area (Å²) in [6, 6.07) is 1.75. The molecule has 0 unspecified atom stereocenters. The summed E-state index contributed by atoms with van der Waals surface area (Å²) in [4.78, 5) is 30.3. The first-order valence-corrected chi connectivity index (χ1v) is 6.41. The summed E-state index contributed by atoms with van der Waals surface area (Å²) in [6.45, 7) is 5.30. The number of nitrogens with zero attached hydrogens (tertiary/aromatic N) is 2. The van der Waals surface area contributed by atoms with E-state index in [2.05, 4.69) is 15.3 Å². The minimum absolute atomic E-state index is 0.184. The molecule has 0 spiro atoms. The third-order valence-corrected chi connectivity index (χ3v) is 2.65. The normalized spacial score (nSPS) is 9.94. The second-order valence-electron chi connectivity index (χ2n) is 3.45. The van der Waals surface area contributed by atoms with Crippen molar-refractivity contribution in [1.29, 1.82) is 0 Å². The summed E-state index contributed by atoms with van der Waals surface area (Å²) >= 11 is 1.25. The second-order valence-corrected chi connectivity index (χ2v) is 4.44. The first-order chi connectivity index (χ1) is 8.51. The van der Waals surface area contributed by atoms with Gasteiger partial charge in [-0.2, -0.15) is 0 Å². The molecule has 0 fully saturated rings. The molecule has 0 aromatic carbocycles. The summed E-state index contributed by atoms with van der Waals surface area (Å²) < 4.78 is 4.82. The lowest BCUT2D eigenvalue weighted by Gasteiger charge is -2.05. The van der Waals surface area contributed by atoms with Crippen LogP contribution < -0.4 is 5.32 Å². The van der Waals surface area contributed by atoms with Crippen molar-refractivity contribution in [3.8, 4) is 0 Å². The van der Waals surface area contributed by atoms with Gasteiger partial charge in [-0.25, -0.2) is 9.97 Å². The summed E-state index contributed by atoms with van der Waals surface area (Å²) in [5.41, 5.74) is 0.722. The first kappa shape index (κ1) is 14.4. The number of carbonyl (C=O) groups excluding carboxylic acids is 2. The predicted molar refractivity (Wildman–Crippen MR) is 68.4 cm³/mol. The smallest absolute Gasteiger partial charge is 0.316 e. The molecule has 1 rings (SSSR count). The number of hydrogen-bond acceptors (Lipinski definition) is 6. The summed E-state index contributed by atoms with van der Waals surface area (Å²) in [6.07, 6.45) is 0. The lowest BCUT2D eigenvalue weighted by molar-refractivity contribution is -0.139. The number of ether oxygens (including phenoxy) is 1. The molecule has 0 saturated heterocycles. The van der Waals surface area contributed by atoms with Gasteiger partial charge in [0.15, 0.2) is 0 Å². The van der Waals surface area contributed by atoms with E-state index in [1.165, 1.54) is 18.7 Å². The van der Waals surface area contributed by atoms with Crippen molar-refractivity contribution >= 4 is 29.6 Å². The van der Waals surface area contributed by atoms with Crippen molar-refractivity contribution in [3.63, 3.8) is 0 Å². The largest absolute Gasteiger partial charge is 0.465 e.